The molecule has 5 atom stereocenters. The number of ether oxygens (including phenoxy) is 3. The summed E-state index contributed by atoms with van der Waals surface area (Å²) in [5, 5.41) is 0. The van der Waals surface area contributed by atoms with Crippen LogP contribution in [-0.4, -0.2) is 47.8 Å². The number of hydrogen-bond donors (Lipinski definition) is 0. The number of carbonyl (C=O) groups excluding carboxylic acids is 5. The van der Waals surface area contributed by atoms with Crippen molar-refractivity contribution in [2.24, 2.45) is 16.7 Å². The first kappa shape index (κ1) is 25.6. The molecule has 0 aromatic carbocycles. The molecule has 0 radical (unpaired) electrons. The second-order valence-corrected chi connectivity index (χ2v) is 10.2. The molecule has 8 nitrogen and oxygen atoms in total. The van der Waals surface area contributed by atoms with E-state index in [0.717, 1.165) is 0 Å². The monoisotopic (exact) mass is 472 g/mol. The minimum absolute atomic E-state index is 0.0869. The van der Waals surface area contributed by atoms with Gasteiger partial charge in [-0.05, 0) is 55.4 Å². The quantitative estimate of drug-likeness (QED) is 0.350. The van der Waals surface area contributed by atoms with Crippen molar-refractivity contribution in [3.05, 3.63) is 34.9 Å². The SMILES string of the molecule is CC(=O)O[C@@H]1C(=O)[C@]2(C)C=CC(=O)/C(=C/[C@@H](OC(C)=O)[C@@H]3C[C@H](OC(C)=O)C(C)=C1C3(C)C)C2. The molecule has 34 heavy (non-hydrogen) atoms. The Labute approximate surface area is 199 Å². The van der Waals surface area contributed by atoms with E-state index in [0.29, 0.717) is 23.1 Å². The summed E-state index contributed by atoms with van der Waals surface area (Å²) >= 11 is 0. The smallest absolute Gasteiger partial charge is 0.303 e. The van der Waals surface area contributed by atoms with Crippen molar-refractivity contribution >= 4 is 29.5 Å². The van der Waals surface area contributed by atoms with Gasteiger partial charge < -0.3 is 14.2 Å². The highest BCUT2D eigenvalue weighted by atomic mass is 16.6. The van der Waals surface area contributed by atoms with Crippen LogP contribution in [0.25, 0.3) is 0 Å². The Balaban J connectivity index is 2.36. The summed E-state index contributed by atoms with van der Waals surface area (Å²) in [7, 11) is 0. The van der Waals surface area contributed by atoms with Crippen molar-refractivity contribution in [1.29, 1.82) is 0 Å². The fraction of sp³-hybridized carbons (Fsp3) is 0.577. The lowest BCUT2D eigenvalue weighted by Gasteiger charge is -2.49. The van der Waals surface area contributed by atoms with Crippen LogP contribution in [0.3, 0.4) is 0 Å². The van der Waals surface area contributed by atoms with Gasteiger partial charge in [0.25, 0.3) is 0 Å². The number of hydrogen-bond acceptors (Lipinski definition) is 8. The number of carbonyl (C=O) groups is 5. The summed E-state index contributed by atoms with van der Waals surface area (Å²) in [5.41, 5.74) is -0.452. The highest BCUT2D eigenvalue weighted by Crippen LogP contribution is 2.52. The van der Waals surface area contributed by atoms with Gasteiger partial charge in [-0.25, -0.2) is 0 Å². The lowest BCUT2D eigenvalue weighted by atomic mass is 9.58. The van der Waals surface area contributed by atoms with Crippen LogP contribution in [0.15, 0.2) is 34.9 Å². The second-order valence-electron chi connectivity index (χ2n) is 10.2. The summed E-state index contributed by atoms with van der Waals surface area (Å²) in [6, 6.07) is 0. The summed E-state index contributed by atoms with van der Waals surface area (Å²) in [6.07, 6.45) is 2.10. The van der Waals surface area contributed by atoms with Crippen LogP contribution in [0.5, 0.6) is 0 Å². The van der Waals surface area contributed by atoms with E-state index in [4.69, 9.17) is 14.2 Å². The number of allylic oxidation sites excluding steroid dienone is 3. The fourth-order valence-corrected chi connectivity index (χ4v) is 5.56. The standard InChI is InChI=1S/C26H32O8/c1-13-20(32-14(2)27)11-18-21(33-15(3)28)10-17-12-26(7,9-8-19(17)30)24(31)23(34-16(4)29)22(13)25(18,5)6/h8-10,18,20-21,23H,11-12H2,1-7H3/b17-10+/t18-,20-,21+,23-,26+/m0/s1. The van der Waals surface area contributed by atoms with Crippen molar-refractivity contribution in [3.8, 4) is 0 Å². The molecule has 0 heterocycles. The molecular weight excluding hydrogens is 440 g/mol. The van der Waals surface area contributed by atoms with E-state index in [-0.39, 0.29) is 18.0 Å². The molecule has 0 fully saturated rings. The highest BCUT2D eigenvalue weighted by Gasteiger charge is 2.54. The first-order valence-electron chi connectivity index (χ1n) is 11.4. The maximum atomic E-state index is 14.0. The normalized spacial score (nSPS) is 34.0. The van der Waals surface area contributed by atoms with Gasteiger partial charge in [0.2, 0.25) is 0 Å². The Morgan fingerprint density at radius 1 is 0.941 bits per heavy atom. The first-order chi connectivity index (χ1) is 15.7. The summed E-state index contributed by atoms with van der Waals surface area (Å²) < 4.78 is 16.9. The van der Waals surface area contributed by atoms with Gasteiger partial charge in [0.15, 0.2) is 17.7 Å². The zero-order chi connectivity index (χ0) is 25.6. The second kappa shape index (κ2) is 8.96. The van der Waals surface area contributed by atoms with Crippen LogP contribution in [0.2, 0.25) is 0 Å². The van der Waals surface area contributed by atoms with Gasteiger partial charge in [0.1, 0.15) is 12.2 Å². The molecule has 3 rings (SSSR count). The molecule has 0 aliphatic heterocycles. The molecule has 184 valence electrons. The van der Waals surface area contributed by atoms with E-state index >= 15 is 0 Å². The van der Waals surface area contributed by atoms with E-state index in [2.05, 4.69) is 0 Å². The van der Waals surface area contributed by atoms with Gasteiger partial charge in [-0.2, -0.15) is 0 Å². The topological polar surface area (TPSA) is 113 Å². The molecule has 3 aliphatic rings. The molecule has 8 heteroatoms. The van der Waals surface area contributed by atoms with Crippen LogP contribution in [0.4, 0.5) is 0 Å². The van der Waals surface area contributed by atoms with Gasteiger partial charge in [-0.15, -0.1) is 0 Å². The van der Waals surface area contributed by atoms with Crippen molar-refractivity contribution < 1.29 is 38.2 Å². The lowest BCUT2D eigenvalue weighted by Crippen LogP contribution is -2.52. The van der Waals surface area contributed by atoms with Gasteiger partial charge in [-0.1, -0.05) is 19.9 Å². The number of rotatable bonds is 3. The van der Waals surface area contributed by atoms with E-state index < -0.39 is 53.0 Å². The molecule has 0 aromatic rings. The van der Waals surface area contributed by atoms with E-state index in [1.807, 2.05) is 13.8 Å². The average Bonchev–Trinajstić information content (AvgIpc) is 2.69. The molecule has 0 aromatic heterocycles. The summed E-state index contributed by atoms with van der Waals surface area (Å²) in [6.45, 7) is 11.0. The Morgan fingerprint density at radius 2 is 1.53 bits per heavy atom. The molecular formula is C26H32O8. The average molecular weight is 473 g/mol. The predicted octanol–water partition coefficient (Wildman–Crippen LogP) is 3.19. The van der Waals surface area contributed by atoms with Gasteiger partial charge in [0.05, 0.1) is 5.41 Å². The van der Waals surface area contributed by atoms with Crippen molar-refractivity contribution in [3.63, 3.8) is 0 Å². The molecule has 4 bridgehead atoms. The minimum atomic E-state index is -1.26. The Hall–Kier alpha value is -3.03. The number of Topliss-reactive ketones (excluding diaryl/α,β-unsaturated/α-hetero) is 1. The molecule has 0 saturated heterocycles. The van der Waals surface area contributed by atoms with Crippen LogP contribution in [0, 0.1) is 16.7 Å². The van der Waals surface area contributed by atoms with Gasteiger partial charge >= 0.3 is 17.9 Å². The lowest BCUT2D eigenvalue weighted by molar-refractivity contribution is -0.158. The summed E-state index contributed by atoms with van der Waals surface area (Å²) in [5.74, 6) is -2.78. The van der Waals surface area contributed by atoms with Crippen molar-refractivity contribution in [2.75, 3.05) is 0 Å². The zero-order valence-corrected chi connectivity index (χ0v) is 20.7. The van der Waals surface area contributed by atoms with Crippen LogP contribution in [0.1, 0.15) is 61.3 Å². The largest absolute Gasteiger partial charge is 0.458 e. The molecule has 0 unspecified atom stereocenters. The van der Waals surface area contributed by atoms with Crippen LogP contribution in [-0.2, 0) is 38.2 Å². The predicted molar refractivity (Wildman–Crippen MR) is 121 cm³/mol. The van der Waals surface area contributed by atoms with Crippen molar-refractivity contribution in [2.45, 2.75) is 79.6 Å². The minimum Gasteiger partial charge on any atom is -0.458 e. The van der Waals surface area contributed by atoms with E-state index in [1.54, 1.807) is 26.0 Å². The number of esters is 3. The maximum absolute atomic E-state index is 14.0. The molecule has 0 saturated carbocycles. The first-order valence-corrected chi connectivity index (χ1v) is 11.4. The molecule has 0 N–H and O–H groups in total. The maximum Gasteiger partial charge on any atom is 0.303 e. The number of ketones is 2. The van der Waals surface area contributed by atoms with E-state index in [1.165, 1.54) is 26.8 Å². The third kappa shape index (κ3) is 4.63. The molecule has 3 aliphatic carbocycles. The third-order valence-corrected chi connectivity index (χ3v) is 7.19. The summed E-state index contributed by atoms with van der Waals surface area (Å²) in [4.78, 5) is 62.8. The molecule has 0 amide bonds. The van der Waals surface area contributed by atoms with Gasteiger partial charge in [-0.3, -0.25) is 24.0 Å². The van der Waals surface area contributed by atoms with Crippen molar-refractivity contribution in [1.82, 2.24) is 0 Å². The fourth-order valence-electron chi connectivity index (χ4n) is 5.56. The van der Waals surface area contributed by atoms with Crippen LogP contribution < -0.4 is 0 Å². The third-order valence-electron chi connectivity index (χ3n) is 7.19. The zero-order valence-electron chi connectivity index (χ0n) is 20.7. The van der Waals surface area contributed by atoms with E-state index in [9.17, 15) is 24.0 Å². The Morgan fingerprint density at radius 3 is 2.09 bits per heavy atom. The molecule has 0 spiro atoms. The Kier molecular flexibility index (Phi) is 6.75. The van der Waals surface area contributed by atoms with Crippen LogP contribution >= 0.6 is 0 Å². The highest BCUT2D eigenvalue weighted by molar-refractivity contribution is 6.08. The number of fused-ring (bicyclic) bond motifs is 4. The Bertz CT molecular complexity index is 1040. The van der Waals surface area contributed by atoms with Gasteiger partial charge in [0, 0.05) is 32.3 Å².